The molecular weight excluding hydrogens is 103 g/mol. The largest absolute Gasteiger partial charge is 0.243 e. The molecule has 0 radical (unpaired) electrons. The van der Waals surface area contributed by atoms with Gasteiger partial charge in [-0.1, -0.05) is 24.3 Å². The van der Waals surface area contributed by atoms with Crippen molar-refractivity contribution in [2.24, 2.45) is 0 Å². The molecule has 1 atom stereocenters. The van der Waals surface area contributed by atoms with E-state index in [0.29, 0.717) is 6.42 Å². The molecule has 0 aromatic rings. The maximum Gasteiger partial charge on any atom is 0.122 e. The van der Waals surface area contributed by atoms with Crippen LogP contribution in [0, 0.1) is 0 Å². The first-order valence-corrected chi connectivity index (χ1v) is 2.85. The van der Waals surface area contributed by atoms with E-state index in [1.54, 1.807) is 6.08 Å². The van der Waals surface area contributed by atoms with Crippen LogP contribution in [0.3, 0.4) is 0 Å². The highest BCUT2D eigenvalue weighted by Gasteiger charge is 1.97. The molecule has 0 aromatic heterocycles. The summed E-state index contributed by atoms with van der Waals surface area (Å²) in [7, 11) is 0. The molecule has 0 bridgehead atoms. The van der Waals surface area contributed by atoms with E-state index in [1.165, 1.54) is 0 Å². The van der Waals surface area contributed by atoms with Gasteiger partial charge in [-0.05, 0) is 6.42 Å². The Labute approximate surface area is 48.7 Å². The fourth-order valence-corrected chi connectivity index (χ4v) is 0.706. The molecular formula is C7H9F. The lowest BCUT2D eigenvalue weighted by Crippen LogP contribution is -1.88. The zero-order valence-corrected chi connectivity index (χ0v) is 4.68. The molecule has 1 aliphatic rings. The highest BCUT2D eigenvalue weighted by molar-refractivity contribution is 5.02. The summed E-state index contributed by atoms with van der Waals surface area (Å²) >= 11 is 0. The SMILES string of the molecule is F[C@H]1C=CCC=CC1. The molecule has 44 valence electrons. The number of allylic oxidation sites excluding steroid dienone is 4. The van der Waals surface area contributed by atoms with Crippen molar-refractivity contribution in [3.8, 4) is 0 Å². The summed E-state index contributed by atoms with van der Waals surface area (Å²) in [5.74, 6) is 0. The Morgan fingerprint density at radius 2 is 2.12 bits per heavy atom. The quantitative estimate of drug-likeness (QED) is 0.421. The number of alkyl halides is 1. The van der Waals surface area contributed by atoms with Crippen molar-refractivity contribution in [2.45, 2.75) is 19.0 Å². The molecule has 0 spiro atoms. The second kappa shape index (κ2) is 2.65. The Bertz CT molecular complexity index is 114. The Kier molecular flexibility index (Phi) is 1.84. The predicted octanol–water partition coefficient (Wildman–Crippen LogP) is 2.23. The van der Waals surface area contributed by atoms with Crippen molar-refractivity contribution in [1.82, 2.24) is 0 Å². The van der Waals surface area contributed by atoms with E-state index >= 15 is 0 Å². The van der Waals surface area contributed by atoms with Gasteiger partial charge in [-0.2, -0.15) is 0 Å². The molecule has 0 heterocycles. The van der Waals surface area contributed by atoms with Gasteiger partial charge in [0, 0.05) is 6.42 Å². The zero-order valence-electron chi connectivity index (χ0n) is 4.68. The summed E-state index contributed by atoms with van der Waals surface area (Å²) in [5.41, 5.74) is 0. The second-order valence-electron chi connectivity index (χ2n) is 1.89. The third-order valence-electron chi connectivity index (χ3n) is 1.14. The standard InChI is InChI=1S/C7H9F/c8-7-5-3-1-2-4-6-7/h1,3-4,6-7H,2,5H2/t7-/m1/s1. The van der Waals surface area contributed by atoms with Crippen LogP contribution in [0.15, 0.2) is 24.3 Å². The number of halogens is 1. The van der Waals surface area contributed by atoms with Crippen molar-refractivity contribution in [3.63, 3.8) is 0 Å². The number of rotatable bonds is 0. The molecule has 8 heavy (non-hydrogen) atoms. The second-order valence-corrected chi connectivity index (χ2v) is 1.89. The van der Waals surface area contributed by atoms with E-state index in [-0.39, 0.29) is 0 Å². The lowest BCUT2D eigenvalue weighted by atomic mass is 10.3. The molecule has 0 saturated carbocycles. The Balaban J connectivity index is 2.48. The van der Waals surface area contributed by atoms with Crippen LogP contribution in [0.4, 0.5) is 4.39 Å². The van der Waals surface area contributed by atoms with Gasteiger partial charge in [-0.15, -0.1) is 0 Å². The summed E-state index contributed by atoms with van der Waals surface area (Å²) in [5, 5.41) is 0. The van der Waals surface area contributed by atoms with E-state index in [0.717, 1.165) is 6.42 Å². The van der Waals surface area contributed by atoms with Crippen molar-refractivity contribution in [1.29, 1.82) is 0 Å². The van der Waals surface area contributed by atoms with Crippen LogP contribution in [0.25, 0.3) is 0 Å². The molecule has 0 saturated heterocycles. The fraction of sp³-hybridized carbons (Fsp3) is 0.429. The predicted molar refractivity (Wildman–Crippen MR) is 32.4 cm³/mol. The minimum absolute atomic E-state index is 0.552. The average molecular weight is 112 g/mol. The Morgan fingerprint density at radius 3 is 3.00 bits per heavy atom. The summed E-state index contributed by atoms with van der Waals surface area (Å²) in [6, 6.07) is 0. The Hall–Kier alpha value is -0.590. The third kappa shape index (κ3) is 1.49. The average Bonchev–Trinajstić information content (AvgIpc) is 1.94. The van der Waals surface area contributed by atoms with Crippen molar-refractivity contribution in [2.75, 3.05) is 0 Å². The van der Waals surface area contributed by atoms with Crippen LogP contribution >= 0.6 is 0 Å². The van der Waals surface area contributed by atoms with E-state index < -0.39 is 6.17 Å². The molecule has 0 N–H and O–H groups in total. The summed E-state index contributed by atoms with van der Waals surface area (Å²) < 4.78 is 12.3. The van der Waals surface area contributed by atoms with Gasteiger partial charge in [0.05, 0.1) is 0 Å². The molecule has 0 fully saturated rings. The van der Waals surface area contributed by atoms with Crippen LogP contribution in [0.5, 0.6) is 0 Å². The molecule has 0 unspecified atom stereocenters. The number of hydrogen-bond donors (Lipinski definition) is 0. The van der Waals surface area contributed by atoms with Crippen LogP contribution in [0.2, 0.25) is 0 Å². The maximum absolute atomic E-state index is 12.3. The van der Waals surface area contributed by atoms with Crippen LogP contribution in [-0.4, -0.2) is 6.17 Å². The monoisotopic (exact) mass is 112 g/mol. The van der Waals surface area contributed by atoms with Gasteiger partial charge in [-0.25, -0.2) is 4.39 Å². The normalized spacial score (nSPS) is 27.9. The van der Waals surface area contributed by atoms with Gasteiger partial charge >= 0.3 is 0 Å². The third-order valence-corrected chi connectivity index (χ3v) is 1.14. The van der Waals surface area contributed by atoms with Crippen molar-refractivity contribution < 1.29 is 4.39 Å². The van der Waals surface area contributed by atoms with Gasteiger partial charge in [0.2, 0.25) is 0 Å². The molecule has 1 heteroatoms. The smallest absolute Gasteiger partial charge is 0.122 e. The van der Waals surface area contributed by atoms with E-state index in [4.69, 9.17) is 0 Å². The van der Waals surface area contributed by atoms with Gasteiger partial charge in [-0.3, -0.25) is 0 Å². The summed E-state index contributed by atoms with van der Waals surface area (Å²) in [6.45, 7) is 0. The molecule has 1 aliphatic carbocycles. The zero-order chi connectivity index (χ0) is 5.82. The van der Waals surface area contributed by atoms with Gasteiger partial charge < -0.3 is 0 Å². The van der Waals surface area contributed by atoms with Crippen LogP contribution in [-0.2, 0) is 0 Å². The maximum atomic E-state index is 12.3. The first kappa shape index (κ1) is 5.54. The summed E-state index contributed by atoms with van der Waals surface area (Å²) in [4.78, 5) is 0. The minimum Gasteiger partial charge on any atom is -0.243 e. The van der Waals surface area contributed by atoms with E-state index in [2.05, 4.69) is 0 Å². The van der Waals surface area contributed by atoms with Gasteiger partial charge in [0.15, 0.2) is 0 Å². The molecule has 0 aliphatic heterocycles. The van der Waals surface area contributed by atoms with Crippen LogP contribution < -0.4 is 0 Å². The highest BCUT2D eigenvalue weighted by Crippen LogP contribution is 2.06. The van der Waals surface area contributed by atoms with Crippen LogP contribution in [0.1, 0.15) is 12.8 Å². The van der Waals surface area contributed by atoms with E-state index in [9.17, 15) is 4.39 Å². The first-order valence-electron chi connectivity index (χ1n) is 2.85. The lowest BCUT2D eigenvalue weighted by Gasteiger charge is -1.91. The molecule has 1 rings (SSSR count). The highest BCUT2D eigenvalue weighted by atomic mass is 19.1. The molecule has 0 aromatic carbocycles. The minimum atomic E-state index is -0.742. The topological polar surface area (TPSA) is 0 Å². The van der Waals surface area contributed by atoms with Crippen molar-refractivity contribution >= 4 is 0 Å². The van der Waals surface area contributed by atoms with Crippen molar-refractivity contribution in [3.05, 3.63) is 24.3 Å². The molecule has 0 amide bonds. The van der Waals surface area contributed by atoms with E-state index in [1.807, 2.05) is 18.2 Å². The molecule has 0 nitrogen and oxygen atoms in total. The summed E-state index contributed by atoms with van der Waals surface area (Å²) in [6.07, 6.45) is 8.03. The fourth-order valence-electron chi connectivity index (χ4n) is 0.706. The van der Waals surface area contributed by atoms with Gasteiger partial charge in [0.1, 0.15) is 6.17 Å². The lowest BCUT2D eigenvalue weighted by molar-refractivity contribution is 0.404. The Morgan fingerprint density at radius 1 is 1.25 bits per heavy atom. The van der Waals surface area contributed by atoms with Gasteiger partial charge in [0.25, 0.3) is 0 Å². The number of hydrogen-bond acceptors (Lipinski definition) is 0. The first-order chi connectivity index (χ1) is 3.89.